The lowest BCUT2D eigenvalue weighted by Crippen LogP contribution is -2.33. The molecule has 0 saturated heterocycles. The zero-order chi connectivity index (χ0) is 20.4. The Bertz CT molecular complexity index is 1010. The first-order valence-corrected chi connectivity index (χ1v) is 9.12. The van der Waals surface area contributed by atoms with Crippen molar-refractivity contribution < 1.29 is 19.1 Å². The highest BCUT2D eigenvalue weighted by atomic mass is 35.5. The highest BCUT2D eigenvalue weighted by molar-refractivity contribution is 6.53. The number of nitrogens with one attached hydrogen (secondary N) is 1. The molecule has 7 heteroatoms. The van der Waals surface area contributed by atoms with Crippen LogP contribution in [0, 0.1) is 13.8 Å². The first-order chi connectivity index (χ1) is 13.4. The molecule has 6 nitrogen and oxygen atoms in total. The third-order valence-corrected chi connectivity index (χ3v) is 4.88. The third-order valence-electron chi connectivity index (χ3n) is 4.53. The van der Waals surface area contributed by atoms with Crippen molar-refractivity contribution in [3.8, 4) is 0 Å². The molecule has 0 fully saturated rings. The number of rotatable bonds is 5. The van der Waals surface area contributed by atoms with E-state index in [1.54, 1.807) is 25.1 Å². The van der Waals surface area contributed by atoms with Gasteiger partial charge in [0.15, 0.2) is 0 Å². The summed E-state index contributed by atoms with van der Waals surface area (Å²) in [4.78, 5) is 38.9. The average molecular weight is 399 g/mol. The summed E-state index contributed by atoms with van der Waals surface area (Å²) < 4.78 is 5.03. The molecule has 1 aliphatic rings. The second kappa shape index (κ2) is 7.86. The molecule has 2 aromatic rings. The third kappa shape index (κ3) is 3.39. The van der Waals surface area contributed by atoms with Crippen LogP contribution in [-0.2, 0) is 14.3 Å². The second-order valence-corrected chi connectivity index (χ2v) is 6.62. The molecule has 0 atom stereocenters. The maximum atomic E-state index is 13.0. The smallest absolute Gasteiger partial charge is 0.340 e. The van der Waals surface area contributed by atoms with Gasteiger partial charge in [-0.05, 0) is 50.1 Å². The SMILES string of the molecule is CCOC(=O)c1ccccc1N1C(=O)C(Cl)=C(Nc2cccc(C)c2C)C1=O. The Kier molecular flexibility index (Phi) is 5.51. The highest BCUT2D eigenvalue weighted by Crippen LogP contribution is 2.33. The van der Waals surface area contributed by atoms with Crippen molar-refractivity contribution >= 4 is 40.8 Å². The Morgan fingerprint density at radius 3 is 2.50 bits per heavy atom. The van der Waals surface area contributed by atoms with Crippen LogP contribution in [-0.4, -0.2) is 24.4 Å². The van der Waals surface area contributed by atoms with Gasteiger partial charge in [-0.2, -0.15) is 0 Å². The van der Waals surface area contributed by atoms with Gasteiger partial charge in [-0.25, -0.2) is 9.69 Å². The van der Waals surface area contributed by atoms with E-state index < -0.39 is 17.8 Å². The Morgan fingerprint density at radius 2 is 1.79 bits per heavy atom. The summed E-state index contributed by atoms with van der Waals surface area (Å²) in [6.07, 6.45) is 0. The molecule has 0 aromatic heterocycles. The van der Waals surface area contributed by atoms with Crippen molar-refractivity contribution in [2.45, 2.75) is 20.8 Å². The minimum Gasteiger partial charge on any atom is -0.462 e. The van der Waals surface area contributed by atoms with E-state index >= 15 is 0 Å². The molecule has 0 aliphatic carbocycles. The lowest BCUT2D eigenvalue weighted by Gasteiger charge is -2.18. The van der Waals surface area contributed by atoms with Gasteiger partial charge in [0.1, 0.15) is 10.7 Å². The number of esters is 1. The van der Waals surface area contributed by atoms with Gasteiger partial charge in [0.05, 0.1) is 17.9 Å². The van der Waals surface area contributed by atoms with Gasteiger partial charge in [0.25, 0.3) is 11.8 Å². The molecular formula is C21H19ClN2O4. The standard InChI is InChI=1S/C21H19ClN2O4/c1-4-28-21(27)14-9-5-6-11-16(14)24-19(25)17(22)18(20(24)26)23-15-10-7-8-12(2)13(15)3/h5-11,23H,4H2,1-3H3. The number of hydrogen-bond donors (Lipinski definition) is 1. The number of carbonyl (C=O) groups excluding carboxylic acids is 3. The molecule has 28 heavy (non-hydrogen) atoms. The largest absolute Gasteiger partial charge is 0.462 e. The van der Waals surface area contributed by atoms with Crippen molar-refractivity contribution in [3.05, 3.63) is 69.9 Å². The molecule has 3 rings (SSSR count). The number of aryl methyl sites for hydroxylation is 1. The molecule has 1 N–H and O–H groups in total. The van der Waals surface area contributed by atoms with Crippen molar-refractivity contribution in [1.29, 1.82) is 0 Å². The Hall–Kier alpha value is -3.12. The molecule has 0 bridgehead atoms. The van der Waals surface area contributed by atoms with Crippen LogP contribution in [0.1, 0.15) is 28.4 Å². The van der Waals surface area contributed by atoms with Gasteiger partial charge >= 0.3 is 5.97 Å². The fourth-order valence-corrected chi connectivity index (χ4v) is 3.11. The molecule has 0 unspecified atom stereocenters. The maximum Gasteiger partial charge on any atom is 0.340 e. The van der Waals surface area contributed by atoms with Crippen LogP contribution in [0.2, 0.25) is 0 Å². The topological polar surface area (TPSA) is 75.7 Å². The number of nitrogens with zero attached hydrogens (tertiary/aromatic N) is 1. The average Bonchev–Trinajstić information content (AvgIpc) is 2.89. The Morgan fingerprint density at radius 1 is 1.07 bits per heavy atom. The lowest BCUT2D eigenvalue weighted by molar-refractivity contribution is -0.120. The van der Waals surface area contributed by atoms with Gasteiger partial charge < -0.3 is 10.1 Å². The normalized spacial score (nSPS) is 13.9. The molecular weight excluding hydrogens is 380 g/mol. The number of carbonyl (C=O) groups is 3. The van der Waals surface area contributed by atoms with Gasteiger partial charge in [-0.3, -0.25) is 9.59 Å². The van der Waals surface area contributed by atoms with Crippen LogP contribution >= 0.6 is 11.6 Å². The Labute approximate surface area is 167 Å². The van der Waals surface area contributed by atoms with Crippen molar-refractivity contribution in [3.63, 3.8) is 0 Å². The monoisotopic (exact) mass is 398 g/mol. The summed E-state index contributed by atoms with van der Waals surface area (Å²) in [6, 6.07) is 11.8. The zero-order valence-electron chi connectivity index (χ0n) is 15.7. The summed E-state index contributed by atoms with van der Waals surface area (Å²) >= 11 is 6.19. The molecule has 0 radical (unpaired) electrons. The summed E-state index contributed by atoms with van der Waals surface area (Å²) in [5, 5.41) is 2.74. The van der Waals surface area contributed by atoms with Gasteiger partial charge in [0, 0.05) is 5.69 Å². The fraction of sp³-hybridized carbons (Fsp3) is 0.190. The van der Waals surface area contributed by atoms with Crippen molar-refractivity contribution in [1.82, 2.24) is 0 Å². The lowest BCUT2D eigenvalue weighted by atomic mass is 10.1. The van der Waals surface area contributed by atoms with E-state index in [2.05, 4.69) is 5.32 Å². The summed E-state index contributed by atoms with van der Waals surface area (Å²) in [7, 11) is 0. The number of amides is 2. The predicted octanol–water partition coefficient (Wildman–Crippen LogP) is 3.92. The first kappa shape index (κ1) is 19.6. The summed E-state index contributed by atoms with van der Waals surface area (Å²) in [5.74, 6) is -1.95. The molecule has 1 aliphatic heterocycles. The van der Waals surface area contributed by atoms with E-state index in [9.17, 15) is 14.4 Å². The van der Waals surface area contributed by atoms with Crippen LogP contribution < -0.4 is 10.2 Å². The number of para-hydroxylation sites is 1. The number of imide groups is 1. The molecule has 144 valence electrons. The van der Waals surface area contributed by atoms with Crippen LogP contribution in [0.25, 0.3) is 0 Å². The van der Waals surface area contributed by atoms with Crippen LogP contribution in [0.4, 0.5) is 11.4 Å². The van der Waals surface area contributed by atoms with E-state index in [1.807, 2.05) is 26.0 Å². The van der Waals surface area contributed by atoms with Crippen LogP contribution in [0.5, 0.6) is 0 Å². The number of halogens is 1. The summed E-state index contributed by atoms with van der Waals surface area (Å²) in [5.41, 5.74) is 2.86. The maximum absolute atomic E-state index is 13.0. The van der Waals surface area contributed by atoms with Gasteiger partial charge in [-0.1, -0.05) is 35.9 Å². The predicted molar refractivity (Wildman–Crippen MR) is 107 cm³/mol. The number of benzene rings is 2. The van der Waals surface area contributed by atoms with E-state index in [0.717, 1.165) is 16.0 Å². The molecule has 2 aromatic carbocycles. The van der Waals surface area contributed by atoms with E-state index in [0.29, 0.717) is 5.69 Å². The van der Waals surface area contributed by atoms with Crippen molar-refractivity contribution in [2.75, 3.05) is 16.8 Å². The van der Waals surface area contributed by atoms with E-state index in [1.165, 1.54) is 12.1 Å². The zero-order valence-corrected chi connectivity index (χ0v) is 16.5. The first-order valence-electron chi connectivity index (χ1n) is 8.74. The van der Waals surface area contributed by atoms with Crippen LogP contribution in [0.3, 0.4) is 0 Å². The second-order valence-electron chi connectivity index (χ2n) is 6.24. The fourth-order valence-electron chi connectivity index (χ4n) is 2.90. The number of ether oxygens (including phenoxy) is 1. The minimum atomic E-state index is -0.698. The number of hydrogen-bond acceptors (Lipinski definition) is 5. The Balaban J connectivity index is 1.98. The minimum absolute atomic E-state index is 0.0287. The summed E-state index contributed by atoms with van der Waals surface area (Å²) in [6.45, 7) is 5.70. The highest BCUT2D eigenvalue weighted by Gasteiger charge is 2.40. The number of anilines is 2. The molecule has 0 saturated carbocycles. The molecule has 1 heterocycles. The van der Waals surface area contributed by atoms with Gasteiger partial charge in [-0.15, -0.1) is 0 Å². The van der Waals surface area contributed by atoms with Crippen molar-refractivity contribution in [2.24, 2.45) is 0 Å². The van der Waals surface area contributed by atoms with Gasteiger partial charge in [0.2, 0.25) is 0 Å². The quantitative estimate of drug-likeness (QED) is 0.610. The molecule has 2 amide bonds. The van der Waals surface area contributed by atoms with Crippen LogP contribution in [0.15, 0.2) is 53.2 Å². The van der Waals surface area contributed by atoms with E-state index in [4.69, 9.17) is 16.3 Å². The van der Waals surface area contributed by atoms with E-state index in [-0.39, 0.29) is 28.6 Å². The molecule has 0 spiro atoms.